The zero-order valence-corrected chi connectivity index (χ0v) is 11.7. The maximum atomic E-state index is 13.3. The summed E-state index contributed by atoms with van der Waals surface area (Å²) in [6.45, 7) is 2.75. The van der Waals surface area contributed by atoms with Crippen LogP contribution in [-0.4, -0.2) is 15.6 Å². The normalized spacial score (nSPS) is 22.3. The van der Waals surface area contributed by atoms with E-state index in [4.69, 9.17) is 0 Å². The number of halogens is 1. The summed E-state index contributed by atoms with van der Waals surface area (Å²) in [5, 5.41) is 3.59. The van der Waals surface area contributed by atoms with Crippen LogP contribution in [0.15, 0.2) is 36.9 Å². The van der Waals surface area contributed by atoms with E-state index in [1.54, 1.807) is 6.07 Å². The van der Waals surface area contributed by atoms with Crippen LogP contribution in [0.2, 0.25) is 0 Å². The van der Waals surface area contributed by atoms with E-state index in [0.717, 1.165) is 24.1 Å². The smallest absolute Gasteiger partial charge is 0.123 e. The van der Waals surface area contributed by atoms with Gasteiger partial charge in [-0.15, -0.1) is 0 Å². The Hall–Kier alpha value is -1.68. The number of aryl methyl sites for hydroxylation is 1. The van der Waals surface area contributed by atoms with Gasteiger partial charge < -0.3 is 9.88 Å². The molecule has 0 radical (unpaired) electrons. The van der Waals surface area contributed by atoms with Gasteiger partial charge in [-0.1, -0.05) is 6.07 Å². The van der Waals surface area contributed by atoms with Gasteiger partial charge in [0.05, 0.1) is 6.33 Å². The van der Waals surface area contributed by atoms with Gasteiger partial charge in [-0.2, -0.15) is 0 Å². The highest BCUT2D eigenvalue weighted by Gasteiger charge is 2.27. The van der Waals surface area contributed by atoms with E-state index >= 15 is 0 Å². The molecule has 0 amide bonds. The molecule has 1 heterocycles. The summed E-state index contributed by atoms with van der Waals surface area (Å²) < 4.78 is 15.5. The topological polar surface area (TPSA) is 29.9 Å². The first-order chi connectivity index (χ1) is 9.74. The molecule has 2 unspecified atom stereocenters. The minimum absolute atomic E-state index is 0.162. The van der Waals surface area contributed by atoms with E-state index in [0.29, 0.717) is 12.1 Å². The molecule has 3 nitrogen and oxygen atoms in total. The Morgan fingerprint density at radius 2 is 2.30 bits per heavy atom. The number of hydrogen-bond acceptors (Lipinski definition) is 2. The molecule has 20 heavy (non-hydrogen) atoms. The fraction of sp³-hybridized carbons (Fsp3) is 0.438. The van der Waals surface area contributed by atoms with Gasteiger partial charge in [-0.05, 0) is 49.4 Å². The Morgan fingerprint density at radius 1 is 1.40 bits per heavy atom. The van der Waals surface area contributed by atoms with Crippen molar-refractivity contribution in [1.82, 2.24) is 14.9 Å². The summed E-state index contributed by atoms with van der Waals surface area (Å²) in [6, 6.07) is 5.89. The average Bonchev–Trinajstić information content (AvgIpc) is 3.09. The number of imidazole rings is 1. The van der Waals surface area contributed by atoms with Gasteiger partial charge in [-0.3, -0.25) is 0 Å². The standard InChI is InChI=1S/C16H20FN3/c1-12-5-6-14(17)9-13(12)10-19-15-3-2-4-16(15)20-8-7-18-11-20/h5-9,11,15-16,19H,2-4,10H2,1H3. The fourth-order valence-electron chi connectivity index (χ4n) is 3.07. The summed E-state index contributed by atoms with van der Waals surface area (Å²) in [5.74, 6) is -0.162. The van der Waals surface area contributed by atoms with E-state index < -0.39 is 0 Å². The fourth-order valence-corrected chi connectivity index (χ4v) is 3.07. The molecule has 0 spiro atoms. The minimum Gasteiger partial charge on any atom is -0.333 e. The Balaban J connectivity index is 1.67. The van der Waals surface area contributed by atoms with Crippen molar-refractivity contribution in [2.75, 3.05) is 0 Å². The van der Waals surface area contributed by atoms with Crippen molar-refractivity contribution in [2.45, 2.75) is 44.8 Å². The van der Waals surface area contributed by atoms with Crippen molar-refractivity contribution in [3.05, 3.63) is 53.9 Å². The highest BCUT2D eigenvalue weighted by molar-refractivity contribution is 5.26. The predicted octanol–water partition coefficient (Wildman–Crippen LogP) is 3.21. The van der Waals surface area contributed by atoms with Crippen LogP contribution in [0, 0.1) is 12.7 Å². The summed E-state index contributed by atoms with van der Waals surface area (Å²) in [6.07, 6.45) is 9.30. The van der Waals surface area contributed by atoms with Gasteiger partial charge in [0, 0.05) is 31.0 Å². The largest absolute Gasteiger partial charge is 0.333 e. The number of aromatic nitrogens is 2. The maximum absolute atomic E-state index is 13.3. The number of hydrogen-bond donors (Lipinski definition) is 1. The van der Waals surface area contributed by atoms with Gasteiger partial charge in [0.2, 0.25) is 0 Å². The molecule has 1 N–H and O–H groups in total. The monoisotopic (exact) mass is 273 g/mol. The molecule has 4 heteroatoms. The number of nitrogens with one attached hydrogen (secondary N) is 1. The third kappa shape index (κ3) is 2.75. The molecule has 1 aliphatic rings. The highest BCUT2D eigenvalue weighted by Crippen LogP contribution is 2.30. The highest BCUT2D eigenvalue weighted by atomic mass is 19.1. The molecular formula is C16H20FN3. The lowest BCUT2D eigenvalue weighted by Crippen LogP contribution is -2.33. The van der Waals surface area contributed by atoms with Crippen molar-refractivity contribution in [3.63, 3.8) is 0 Å². The first-order valence-corrected chi connectivity index (χ1v) is 7.20. The van der Waals surface area contributed by atoms with Crippen LogP contribution in [0.3, 0.4) is 0 Å². The van der Waals surface area contributed by atoms with Crippen molar-refractivity contribution >= 4 is 0 Å². The van der Waals surface area contributed by atoms with Crippen molar-refractivity contribution in [3.8, 4) is 0 Å². The average molecular weight is 273 g/mol. The SMILES string of the molecule is Cc1ccc(F)cc1CNC1CCCC1n1ccnc1. The van der Waals surface area contributed by atoms with Gasteiger partial charge in [0.25, 0.3) is 0 Å². The van der Waals surface area contributed by atoms with Gasteiger partial charge >= 0.3 is 0 Å². The Kier molecular flexibility index (Phi) is 3.83. The lowest BCUT2D eigenvalue weighted by atomic mass is 10.1. The van der Waals surface area contributed by atoms with Gasteiger partial charge in [0.1, 0.15) is 5.82 Å². The van der Waals surface area contributed by atoms with E-state index in [2.05, 4.69) is 14.9 Å². The first-order valence-electron chi connectivity index (χ1n) is 7.20. The molecule has 1 aromatic carbocycles. The van der Waals surface area contributed by atoms with Gasteiger partial charge in [0.15, 0.2) is 0 Å². The third-order valence-electron chi connectivity index (χ3n) is 4.25. The predicted molar refractivity (Wildman–Crippen MR) is 76.9 cm³/mol. The molecule has 0 aliphatic heterocycles. The molecule has 106 valence electrons. The van der Waals surface area contributed by atoms with Crippen LogP contribution in [0.1, 0.15) is 36.4 Å². The maximum Gasteiger partial charge on any atom is 0.123 e. The Bertz CT molecular complexity index is 565. The second-order valence-electron chi connectivity index (χ2n) is 5.57. The van der Waals surface area contributed by atoms with Crippen LogP contribution in [0.25, 0.3) is 0 Å². The molecule has 1 fully saturated rings. The lowest BCUT2D eigenvalue weighted by Gasteiger charge is -2.22. The molecule has 0 bridgehead atoms. The zero-order valence-electron chi connectivity index (χ0n) is 11.7. The molecule has 3 rings (SSSR count). The van der Waals surface area contributed by atoms with Crippen LogP contribution in [0.5, 0.6) is 0 Å². The molecule has 1 aromatic heterocycles. The van der Waals surface area contributed by atoms with Crippen molar-refractivity contribution in [1.29, 1.82) is 0 Å². The summed E-state index contributed by atoms with van der Waals surface area (Å²) in [4.78, 5) is 4.13. The molecule has 2 atom stereocenters. The molecule has 0 saturated heterocycles. The Labute approximate surface area is 118 Å². The number of benzene rings is 1. The number of rotatable bonds is 4. The summed E-state index contributed by atoms with van der Waals surface area (Å²) >= 11 is 0. The molecule has 1 saturated carbocycles. The van der Waals surface area contributed by atoms with E-state index in [1.807, 2.05) is 31.7 Å². The van der Waals surface area contributed by atoms with Crippen molar-refractivity contribution in [2.24, 2.45) is 0 Å². The van der Waals surface area contributed by atoms with Crippen LogP contribution < -0.4 is 5.32 Å². The zero-order chi connectivity index (χ0) is 13.9. The summed E-state index contributed by atoms with van der Waals surface area (Å²) in [7, 11) is 0. The van der Waals surface area contributed by atoms with E-state index in [9.17, 15) is 4.39 Å². The summed E-state index contributed by atoms with van der Waals surface area (Å²) in [5.41, 5.74) is 2.18. The second-order valence-corrected chi connectivity index (χ2v) is 5.57. The molecule has 1 aliphatic carbocycles. The number of nitrogens with zero attached hydrogens (tertiary/aromatic N) is 2. The minimum atomic E-state index is -0.162. The lowest BCUT2D eigenvalue weighted by molar-refractivity contribution is 0.390. The van der Waals surface area contributed by atoms with E-state index in [-0.39, 0.29) is 5.82 Å². The van der Waals surface area contributed by atoms with E-state index in [1.165, 1.54) is 18.9 Å². The van der Waals surface area contributed by atoms with Crippen LogP contribution in [0.4, 0.5) is 4.39 Å². The van der Waals surface area contributed by atoms with Crippen molar-refractivity contribution < 1.29 is 4.39 Å². The van der Waals surface area contributed by atoms with Gasteiger partial charge in [-0.25, -0.2) is 9.37 Å². The second kappa shape index (κ2) is 5.75. The molecular weight excluding hydrogens is 253 g/mol. The molecule has 2 aromatic rings. The van der Waals surface area contributed by atoms with Crippen LogP contribution >= 0.6 is 0 Å². The Morgan fingerprint density at radius 3 is 3.10 bits per heavy atom. The first kappa shape index (κ1) is 13.3. The van der Waals surface area contributed by atoms with Crippen LogP contribution in [-0.2, 0) is 6.54 Å². The third-order valence-corrected chi connectivity index (χ3v) is 4.25. The quantitative estimate of drug-likeness (QED) is 0.927.